The number of nitrogens with two attached hydrogens (primary N) is 2. The van der Waals surface area contributed by atoms with Crippen LogP contribution < -0.4 is 11.5 Å². The van der Waals surface area contributed by atoms with Crippen molar-refractivity contribution in [1.29, 1.82) is 0 Å². The minimum atomic E-state index is -0.552. The van der Waals surface area contributed by atoms with E-state index in [9.17, 15) is 9.59 Å². The molecule has 0 aliphatic carbocycles. The minimum Gasteiger partial charge on any atom is -0.369 e. The van der Waals surface area contributed by atoms with Crippen LogP contribution in [0.4, 0.5) is 0 Å². The van der Waals surface area contributed by atoms with E-state index in [2.05, 4.69) is 0 Å². The van der Waals surface area contributed by atoms with Crippen molar-refractivity contribution in [3.63, 3.8) is 0 Å². The lowest BCUT2D eigenvalue weighted by Crippen LogP contribution is -2.38. The number of likely N-dealkylation sites (tertiary alicyclic amines) is 1. The minimum absolute atomic E-state index is 0.0362. The standard InChI is InChI=1S/C11H21N3O2/c1-8(12)3-4-9(15)14-6-5-11(2,7-14)10(13)16/h8H,3-7,12H2,1-2H3,(H2,13,16). The number of primary amides is 1. The van der Waals surface area contributed by atoms with Gasteiger partial charge in [0.05, 0.1) is 5.41 Å². The van der Waals surface area contributed by atoms with Crippen LogP contribution in [0.3, 0.4) is 0 Å². The van der Waals surface area contributed by atoms with Gasteiger partial charge in [0.1, 0.15) is 0 Å². The molecular formula is C11H21N3O2. The topological polar surface area (TPSA) is 89.4 Å². The fourth-order valence-corrected chi connectivity index (χ4v) is 1.88. The Kier molecular flexibility index (Phi) is 3.91. The summed E-state index contributed by atoms with van der Waals surface area (Å²) in [5.41, 5.74) is 10.4. The molecule has 1 heterocycles. The molecule has 1 rings (SSSR count). The Morgan fingerprint density at radius 2 is 2.12 bits per heavy atom. The van der Waals surface area contributed by atoms with E-state index >= 15 is 0 Å². The maximum atomic E-state index is 11.8. The first-order valence-electron chi connectivity index (χ1n) is 5.68. The first-order chi connectivity index (χ1) is 7.35. The normalized spacial score (nSPS) is 26.8. The van der Waals surface area contributed by atoms with Crippen LogP contribution in [-0.4, -0.2) is 35.8 Å². The van der Waals surface area contributed by atoms with Gasteiger partial charge in [0.15, 0.2) is 0 Å². The second-order valence-electron chi connectivity index (χ2n) is 5.01. The first-order valence-corrected chi connectivity index (χ1v) is 5.68. The predicted octanol–water partition coefficient (Wildman–Crippen LogP) is -0.162. The zero-order chi connectivity index (χ0) is 12.3. The smallest absolute Gasteiger partial charge is 0.225 e. The van der Waals surface area contributed by atoms with Gasteiger partial charge in [0, 0.05) is 25.6 Å². The molecule has 2 amide bonds. The lowest BCUT2D eigenvalue weighted by Gasteiger charge is -2.21. The Bertz CT molecular complexity index is 291. The van der Waals surface area contributed by atoms with Gasteiger partial charge in [-0.2, -0.15) is 0 Å². The molecule has 0 aromatic rings. The summed E-state index contributed by atoms with van der Waals surface area (Å²) in [6, 6.07) is 0.0362. The first kappa shape index (κ1) is 13.0. The van der Waals surface area contributed by atoms with E-state index in [0.717, 1.165) is 0 Å². The molecule has 0 bridgehead atoms. The molecule has 0 aromatic carbocycles. The predicted molar refractivity (Wildman–Crippen MR) is 61.4 cm³/mol. The summed E-state index contributed by atoms with van der Waals surface area (Å²) in [6.07, 6.45) is 1.79. The van der Waals surface area contributed by atoms with Crippen LogP contribution in [0.25, 0.3) is 0 Å². The van der Waals surface area contributed by atoms with Crippen LogP contribution >= 0.6 is 0 Å². The van der Waals surface area contributed by atoms with Crippen molar-refractivity contribution >= 4 is 11.8 Å². The molecule has 0 aromatic heterocycles. The third-order valence-corrected chi connectivity index (χ3v) is 3.23. The molecule has 2 atom stereocenters. The average molecular weight is 227 g/mol. The van der Waals surface area contributed by atoms with Crippen LogP contribution in [0.5, 0.6) is 0 Å². The molecule has 5 heteroatoms. The number of hydrogen-bond donors (Lipinski definition) is 2. The summed E-state index contributed by atoms with van der Waals surface area (Å²) >= 11 is 0. The summed E-state index contributed by atoms with van der Waals surface area (Å²) in [5, 5.41) is 0. The largest absolute Gasteiger partial charge is 0.369 e. The number of rotatable bonds is 4. The van der Waals surface area contributed by atoms with Gasteiger partial charge >= 0.3 is 0 Å². The van der Waals surface area contributed by atoms with Crippen LogP contribution in [0.15, 0.2) is 0 Å². The lowest BCUT2D eigenvalue weighted by molar-refractivity contribution is -0.131. The quantitative estimate of drug-likeness (QED) is 0.699. The van der Waals surface area contributed by atoms with E-state index in [1.165, 1.54) is 0 Å². The van der Waals surface area contributed by atoms with Gasteiger partial charge in [0.25, 0.3) is 0 Å². The van der Waals surface area contributed by atoms with Crippen LogP contribution in [-0.2, 0) is 9.59 Å². The van der Waals surface area contributed by atoms with E-state index in [4.69, 9.17) is 11.5 Å². The fourth-order valence-electron chi connectivity index (χ4n) is 1.88. The molecule has 0 saturated carbocycles. The van der Waals surface area contributed by atoms with Gasteiger partial charge in [-0.15, -0.1) is 0 Å². The van der Waals surface area contributed by atoms with E-state index in [1.807, 2.05) is 13.8 Å². The van der Waals surface area contributed by atoms with Crippen molar-refractivity contribution in [2.75, 3.05) is 13.1 Å². The second kappa shape index (κ2) is 4.82. The zero-order valence-electron chi connectivity index (χ0n) is 10.0. The summed E-state index contributed by atoms with van der Waals surface area (Å²) in [5.74, 6) is -0.253. The monoisotopic (exact) mass is 227 g/mol. The molecule has 92 valence electrons. The highest BCUT2D eigenvalue weighted by Gasteiger charge is 2.40. The molecule has 16 heavy (non-hydrogen) atoms. The maximum Gasteiger partial charge on any atom is 0.225 e. The molecule has 5 nitrogen and oxygen atoms in total. The molecule has 4 N–H and O–H groups in total. The Labute approximate surface area is 96.1 Å². The highest BCUT2D eigenvalue weighted by molar-refractivity contribution is 5.83. The van der Waals surface area contributed by atoms with E-state index in [0.29, 0.717) is 32.4 Å². The van der Waals surface area contributed by atoms with Crippen molar-refractivity contribution in [2.24, 2.45) is 16.9 Å². The van der Waals surface area contributed by atoms with E-state index in [-0.39, 0.29) is 17.9 Å². The fraction of sp³-hybridized carbons (Fsp3) is 0.818. The third kappa shape index (κ3) is 2.95. The Balaban J connectivity index is 2.47. The van der Waals surface area contributed by atoms with Gasteiger partial charge in [-0.3, -0.25) is 9.59 Å². The maximum absolute atomic E-state index is 11.8. The number of carbonyl (C=O) groups is 2. The number of nitrogens with zero attached hydrogens (tertiary/aromatic N) is 1. The average Bonchev–Trinajstić information content (AvgIpc) is 2.59. The highest BCUT2D eigenvalue weighted by Crippen LogP contribution is 2.29. The number of amides is 2. The molecule has 1 saturated heterocycles. The number of carbonyl (C=O) groups excluding carboxylic acids is 2. The van der Waals surface area contributed by atoms with Crippen molar-refractivity contribution in [2.45, 2.75) is 39.2 Å². The molecule has 0 spiro atoms. The lowest BCUT2D eigenvalue weighted by atomic mass is 9.89. The van der Waals surface area contributed by atoms with Gasteiger partial charge in [0.2, 0.25) is 11.8 Å². The Morgan fingerprint density at radius 3 is 2.56 bits per heavy atom. The van der Waals surface area contributed by atoms with Crippen molar-refractivity contribution in [1.82, 2.24) is 4.90 Å². The van der Waals surface area contributed by atoms with Crippen LogP contribution in [0.1, 0.15) is 33.1 Å². The molecule has 1 fully saturated rings. The summed E-state index contributed by atoms with van der Waals surface area (Å²) in [6.45, 7) is 4.76. The molecular weight excluding hydrogens is 206 g/mol. The van der Waals surface area contributed by atoms with E-state index < -0.39 is 5.41 Å². The molecule has 2 unspecified atom stereocenters. The SMILES string of the molecule is CC(N)CCC(=O)N1CCC(C)(C(N)=O)C1. The van der Waals surface area contributed by atoms with Crippen molar-refractivity contribution < 1.29 is 9.59 Å². The Morgan fingerprint density at radius 1 is 1.50 bits per heavy atom. The van der Waals surface area contributed by atoms with Crippen molar-refractivity contribution in [3.8, 4) is 0 Å². The summed E-state index contributed by atoms with van der Waals surface area (Å²) < 4.78 is 0. The third-order valence-electron chi connectivity index (χ3n) is 3.23. The van der Waals surface area contributed by atoms with E-state index in [1.54, 1.807) is 4.90 Å². The highest BCUT2D eigenvalue weighted by atomic mass is 16.2. The van der Waals surface area contributed by atoms with Crippen LogP contribution in [0, 0.1) is 5.41 Å². The van der Waals surface area contributed by atoms with Gasteiger partial charge < -0.3 is 16.4 Å². The number of hydrogen-bond acceptors (Lipinski definition) is 3. The Hall–Kier alpha value is -1.10. The van der Waals surface area contributed by atoms with Gasteiger partial charge in [-0.1, -0.05) is 0 Å². The summed E-state index contributed by atoms with van der Waals surface area (Å²) in [4.78, 5) is 24.7. The molecule has 0 radical (unpaired) electrons. The van der Waals surface area contributed by atoms with Crippen molar-refractivity contribution in [3.05, 3.63) is 0 Å². The van der Waals surface area contributed by atoms with Gasteiger partial charge in [-0.25, -0.2) is 0 Å². The van der Waals surface area contributed by atoms with Gasteiger partial charge in [-0.05, 0) is 26.7 Å². The second-order valence-corrected chi connectivity index (χ2v) is 5.01. The zero-order valence-corrected chi connectivity index (χ0v) is 10.0. The summed E-state index contributed by atoms with van der Waals surface area (Å²) in [7, 11) is 0. The molecule has 1 aliphatic rings. The molecule has 1 aliphatic heterocycles. The van der Waals surface area contributed by atoms with Crippen LogP contribution in [0.2, 0.25) is 0 Å².